The Bertz CT molecular complexity index is 1110. The lowest BCUT2D eigenvalue weighted by atomic mass is 9.78. The maximum Gasteiger partial charge on any atom is 0.205 e. The van der Waals surface area contributed by atoms with E-state index in [1.165, 1.54) is 38.9 Å². The zero-order valence-corrected chi connectivity index (χ0v) is 15.0. The molecule has 0 fully saturated rings. The molecule has 0 bridgehead atoms. The highest BCUT2D eigenvalue weighted by atomic mass is 35.5. The second-order valence-electron chi connectivity index (χ2n) is 6.56. The quantitative estimate of drug-likeness (QED) is 0.408. The van der Waals surface area contributed by atoms with Gasteiger partial charge in [-0.15, -0.1) is 11.6 Å². The van der Waals surface area contributed by atoms with Gasteiger partial charge < -0.3 is 0 Å². The number of fused-ring (bicyclic) bond motifs is 7. The zero-order chi connectivity index (χ0) is 17.0. The highest BCUT2D eigenvalue weighted by molar-refractivity contribution is 8.14. The fourth-order valence-corrected chi connectivity index (χ4v) is 5.29. The lowest BCUT2D eigenvalue weighted by Gasteiger charge is -2.26. The molecule has 1 unspecified atom stereocenters. The van der Waals surface area contributed by atoms with E-state index in [9.17, 15) is 4.79 Å². The summed E-state index contributed by atoms with van der Waals surface area (Å²) in [6, 6.07) is 17.1. The summed E-state index contributed by atoms with van der Waals surface area (Å²) in [5, 5.41) is 5.40. The highest BCUT2D eigenvalue weighted by Gasteiger charge is 2.48. The van der Waals surface area contributed by atoms with E-state index in [-0.39, 0.29) is 5.12 Å². The number of benzene rings is 3. The van der Waals surface area contributed by atoms with E-state index in [0.717, 1.165) is 17.6 Å². The van der Waals surface area contributed by atoms with Gasteiger partial charge in [0, 0.05) is 0 Å². The van der Waals surface area contributed by atoms with E-state index < -0.39 is 5.41 Å². The van der Waals surface area contributed by atoms with E-state index in [4.69, 9.17) is 11.6 Å². The molecule has 2 aliphatic rings. The van der Waals surface area contributed by atoms with Crippen LogP contribution < -0.4 is 0 Å². The van der Waals surface area contributed by atoms with Crippen molar-refractivity contribution in [1.29, 1.82) is 0 Å². The molecule has 0 aliphatic heterocycles. The van der Waals surface area contributed by atoms with Crippen molar-refractivity contribution < 1.29 is 4.79 Å². The fraction of sp³-hybridized carbons (Fsp3) is 0.136. The molecule has 5 rings (SSSR count). The lowest BCUT2D eigenvalue weighted by Crippen LogP contribution is -2.31. The summed E-state index contributed by atoms with van der Waals surface area (Å²) in [6.07, 6.45) is 7.13. The van der Waals surface area contributed by atoms with Crippen molar-refractivity contribution in [2.75, 3.05) is 5.21 Å². The smallest absolute Gasteiger partial charge is 0.205 e. The molecule has 3 aromatic carbocycles. The monoisotopic (exact) mass is 362 g/mol. The third-order valence-corrected chi connectivity index (χ3v) is 6.52. The van der Waals surface area contributed by atoms with E-state index in [2.05, 4.69) is 66.8 Å². The Morgan fingerprint density at radius 2 is 1.88 bits per heavy atom. The number of hydrogen-bond acceptors (Lipinski definition) is 2. The number of hydrogen-bond donors (Lipinski definition) is 0. The minimum Gasteiger partial charge on any atom is -0.286 e. The number of alkyl halides is 1. The molecular weight excluding hydrogens is 348 g/mol. The molecule has 0 spiro atoms. The maximum atomic E-state index is 13.0. The summed E-state index contributed by atoms with van der Waals surface area (Å²) < 4.78 is 0. The predicted octanol–water partition coefficient (Wildman–Crippen LogP) is 6.04. The zero-order valence-electron chi connectivity index (χ0n) is 13.5. The van der Waals surface area contributed by atoms with Crippen molar-refractivity contribution in [2.24, 2.45) is 0 Å². The molecule has 0 aromatic heterocycles. The van der Waals surface area contributed by atoms with Gasteiger partial charge in [-0.3, -0.25) is 4.79 Å². The molecule has 0 heterocycles. The van der Waals surface area contributed by atoms with Crippen LogP contribution in [0.2, 0.25) is 0 Å². The fourth-order valence-electron chi connectivity index (χ4n) is 4.34. The Labute approximate surface area is 155 Å². The van der Waals surface area contributed by atoms with Crippen LogP contribution in [0.3, 0.4) is 0 Å². The molecule has 0 N–H and O–H groups in total. The van der Waals surface area contributed by atoms with E-state index in [1.54, 1.807) is 0 Å². The van der Waals surface area contributed by atoms with Crippen molar-refractivity contribution in [1.82, 2.24) is 0 Å². The number of halogens is 1. The van der Waals surface area contributed by atoms with E-state index >= 15 is 0 Å². The van der Waals surface area contributed by atoms with Gasteiger partial charge in [-0.2, -0.15) is 0 Å². The SMILES string of the molecule is O=C(SCCl)C12CC=CC1=Cc1c2ccc2c1ccc1ccccc12. The minimum atomic E-state index is -0.547. The van der Waals surface area contributed by atoms with Crippen molar-refractivity contribution >= 4 is 56.1 Å². The van der Waals surface area contributed by atoms with Gasteiger partial charge in [-0.1, -0.05) is 72.4 Å². The third-order valence-electron chi connectivity index (χ3n) is 5.48. The minimum absolute atomic E-state index is 0.151. The summed E-state index contributed by atoms with van der Waals surface area (Å²) in [7, 11) is 0. The molecular formula is C22H15ClOS. The van der Waals surface area contributed by atoms with Gasteiger partial charge in [-0.25, -0.2) is 0 Å². The molecule has 0 amide bonds. The Morgan fingerprint density at radius 3 is 2.76 bits per heavy atom. The van der Waals surface area contributed by atoms with E-state index in [1.807, 2.05) is 0 Å². The van der Waals surface area contributed by atoms with Gasteiger partial charge in [-0.05, 0) is 50.7 Å². The summed E-state index contributed by atoms with van der Waals surface area (Å²) in [5.74, 6) is 0. The number of allylic oxidation sites excluding steroid dienone is 3. The predicted molar refractivity (Wildman–Crippen MR) is 108 cm³/mol. The molecule has 1 atom stereocenters. The van der Waals surface area contributed by atoms with Crippen LogP contribution in [-0.4, -0.2) is 10.3 Å². The van der Waals surface area contributed by atoms with E-state index in [0.29, 0.717) is 5.21 Å². The van der Waals surface area contributed by atoms with Crippen LogP contribution in [0.25, 0.3) is 27.6 Å². The van der Waals surface area contributed by atoms with Gasteiger partial charge >= 0.3 is 0 Å². The molecule has 1 nitrogen and oxygen atoms in total. The number of carbonyl (C=O) groups is 1. The van der Waals surface area contributed by atoms with Crippen molar-refractivity contribution in [2.45, 2.75) is 11.8 Å². The first-order valence-corrected chi connectivity index (χ1v) is 9.84. The summed E-state index contributed by atoms with van der Waals surface area (Å²) in [6.45, 7) is 0. The van der Waals surface area contributed by atoms with Crippen LogP contribution in [0.5, 0.6) is 0 Å². The van der Waals surface area contributed by atoms with Gasteiger partial charge in [0.1, 0.15) is 0 Å². The third kappa shape index (κ3) is 1.95. The lowest BCUT2D eigenvalue weighted by molar-refractivity contribution is -0.114. The van der Waals surface area contributed by atoms with Gasteiger partial charge in [0.05, 0.1) is 10.6 Å². The summed E-state index contributed by atoms with van der Waals surface area (Å²) in [4.78, 5) is 13.0. The molecule has 2 aliphatic carbocycles. The molecule has 3 heteroatoms. The van der Waals surface area contributed by atoms with Crippen molar-refractivity contribution in [3.63, 3.8) is 0 Å². The number of thioether (sulfide) groups is 1. The largest absolute Gasteiger partial charge is 0.286 e. The molecule has 0 radical (unpaired) electrons. The first-order valence-electron chi connectivity index (χ1n) is 8.32. The second kappa shape index (κ2) is 5.48. The summed E-state index contributed by atoms with van der Waals surface area (Å²) in [5.41, 5.74) is 2.86. The Kier molecular flexibility index (Phi) is 3.34. The topological polar surface area (TPSA) is 17.1 Å². The molecule has 0 saturated carbocycles. The standard InChI is InChI=1S/C22H15ClOS/c23-13-25-21(24)22-11-3-5-15(22)12-19-18-8-7-14-4-1-2-6-16(14)17(18)9-10-20(19)22/h1-10,12H,11,13H2. The second-order valence-corrected chi connectivity index (χ2v) is 8.09. The van der Waals surface area contributed by atoms with Crippen LogP contribution in [-0.2, 0) is 10.2 Å². The average Bonchev–Trinajstić information content (AvgIpc) is 3.19. The Morgan fingerprint density at radius 1 is 1.04 bits per heavy atom. The van der Waals surface area contributed by atoms with Crippen molar-refractivity contribution in [3.8, 4) is 0 Å². The highest BCUT2D eigenvalue weighted by Crippen LogP contribution is 2.53. The summed E-state index contributed by atoms with van der Waals surface area (Å²) >= 11 is 7.06. The van der Waals surface area contributed by atoms with Crippen LogP contribution >= 0.6 is 23.4 Å². The first-order chi connectivity index (χ1) is 12.3. The Balaban J connectivity index is 1.82. The number of carbonyl (C=O) groups excluding carboxylic acids is 1. The molecule has 122 valence electrons. The first kappa shape index (κ1) is 15.2. The van der Waals surface area contributed by atoms with Crippen LogP contribution in [0.15, 0.2) is 66.3 Å². The van der Waals surface area contributed by atoms with Crippen LogP contribution in [0.4, 0.5) is 0 Å². The normalized spacial score (nSPS) is 20.8. The maximum absolute atomic E-state index is 13.0. The Hall–Kier alpha value is -2.03. The molecule has 3 aromatic rings. The van der Waals surface area contributed by atoms with Gasteiger partial charge in [0.25, 0.3) is 0 Å². The average molecular weight is 363 g/mol. The number of rotatable bonds is 2. The van der Waals surface area contributed by atoms with Gasteiger partial charge in [0.2, 0.25) is 5.12 Å². The van der Waals surface area contributed by atoms with Crippen LogP contribution in [0.1, 0.15) is 17.5 Å². The molecule has 0 saturated heterocycles. The van der Waals surface area contributed by atoms with Crippen molar-refractivity contribution in [3.05, 3.63) is 77.4 Å². The van der Waals surface area contributed by atoms with Crippen LogP contribution in [0, 0.1) is 0 Å². The van der Waals surface area contributed by atoms with Gasteiger partial charge in [0.15, 0.2) is 0 Å². The molecule has 25 heavy (non-hydrogen) atoms.